The molecule has 65 heavy (non-hydrogen) atoms. The monoisotopic (exact) mass is 891 g/mol. The number of hydrogen-bond donors (Lipinski definition) is 3. The highest BCUT2D eigenvalue weighted by Crippen LogP contribution is 2.59. The van der Waals surface area contributed by atoms with Crippen molar-refractivity contribution in [2.24, 2.45) is 34.0 Å². The Morgan fingerprint density at radius 1 is 0.662 bits per heavy atom. The average Bonchev–Trinajstić information content (AvgIpc) is 3.72. The molecule has 0 radical (unpaired) electrons. The maximum atomic E-state index is 14.3. The fraction of sp³-hybridized carbons (Fsp3) is 0.460. The van der Waals surface area contributed by atoms with Crippen LogP contribution in [0.2, 0.25) is 0 Å². The number of carbonyl (C=O) groups excluding carboxylic acids is 7. The summed E-state index contributed by atoms with van der Waals surface area (Å²) in [6, 6.07) is 17.2. The number of hydrogen-bond acceptors (Lipinski definition) is 12. The van der Waals surface area contributed by atoms with Crippen LogP contribution >= 0.6 is 0 Å². The molecule has 0 aliphatic heterocycles. The van der Waals surface area contributed by atoms with Crippen LogP contribution in [0.3, 0.4) is 0 Å². The van der Waals surface area contributed by atoms with E-state index in [1.165, 1.54) is 37.7 Å². The summed E-state index contributed by atoms with van der Waals surface area (Å²) in [5.41, 5.74) is -0.846. The fourth-order valence-corrected chi connectivity index (χ4v) is 9.63. The van der Waals surface area contributed by atoms with E-state index in [1.54, 1.807) is 90.1 Å². The maximum absolute atomic E-state index is 14.3. The Balaban J connectivity index is 1.09. The second-order valence-electron chi connectivity index (χ2n) is 19.9. The van der Waals surface area contributed by atoms with Gasteiger partial charge in [0.05, 0.1) is 45.3 Å². The van der Waals surface area contributed by atoms with Crippen LogP contribution in [0.5, 0.6) is 0 Å². The van der Waals surface area contributed by atoms with Gasteiger partial charge in [0.15, 0.2) is 0 Å². The van der Waals surface area contributed by atoms with E-state index in [1.807, 2.05) is 0 Å². The Hall–Kier alpha value is -6.51. The van der Waals surface area contributed by atoms with E-state index in [9.17, 15) is 33.6 Å². The van der Waals surface area contributed by atoms with Crippen LogP contribution in [0, 0.1) is 34.0 Å². The minimum atomic E-state index is -1.02. The van der Waals surface area contributed by atoms with E-state index in [-0.39, 0.29) is 45.8 Å². The van der Waals surface area contributed by atoms with E-state index in [0.29, 0.717) is 40.8 Å². The SMILES string of the molecule is CC(C)(C)C(=O)OCOC(=O)c1cc(NC(=O)C(CNC(=O)c2cc3ccoc3cc2C(=O)NCC23CC4CC(CC(C4)C2)C3)c2ccccc2)cc(C(=O)OCOC(=O)C(C)(C)C)c1. The van der Waals surface area contributed by atoms with Gasteiger partial charge in [0.25, 0.3) is 11.8 Å². The van der Waals surface area contributed by atoms with Gasteiger partial charge < -0.3 is 39.3 Å². The lowest BCUT2D eigenvalue weighted by Crippen LogP contribution is -2.51. The third kappa shape index (κ3) is 11.2. The van der Waals surface area contributed by atoms with Gasteiger partial charge in [0.1, 0.15) is 5.58 Å². The standard InChI is InChI=1S/C50H57N3O12/c1-48(2,3)46(59)64-27-62-44(57)34-17-35(45(58)63-28-65-47(60)49(4,5)6)19-36(18-34)53-43(56)39(32-10-8-7-9-11-32)25-51-41(54)37-20-33-12-13-61-40(33)21-38(37)42(55)52-26-50-22-29-14-30(23-50)16-31(15-29)24-50/h7-13,17-21,29-31,39H,14-16,22-28H2,1-6H3,(H,51,54)(H,52,55)(H,53,56). The smallest absolute Gasteiger partial charge is 0.341 e. The predicted octanol–water partition coefficient (Wildman–Crippen LogP) is 7.94. The molecule has 4 aromatic rings. The van der Waals surface area contributed by atoms with Gasteiger partial charge >= 0.3 is 23.9 Å². The van der Waals surface area contributed by atoms with E-state index in [2.05, 4.69) is 16.0 Å². The first-order valence-electron chi connectivity index (χ1n) is 22.0. The zero-order valence-corrected chi connectivity index (χ0v) is 37.7. The zero-order valence-electron chi connectivity index (χ0n) is 37.7. The normalized spacial score (nSPS) is 20.3. The maximum Gasteiger partial charge on any atom is 0.341 e. The number of esters is 4. The molecule has 3 amide bonds. The lowest BCUT2D eigenvalue weighted by molar-refractivity contribution is -0.162. The van der Waals surface area contributed by atoms with Gasteiger partial charge in [-0.2, -0.15) is 0 Å². The van der Waals surface area contributed by atoms with Crippen LogP contribution in [0.25, 0.3) is 11.0 Å². The number of amides is 3. The molecule has 15 heteroatoms. The van der Waals surface area contributed by atoms with Gasteiger partial charge in [-0.05, 0) is 145 Å². The van der Waals surface area contributed by atoms with Crippen LogP contribution in [0.15, 0.2) is 77.4 Å². The number of nitrogens with one attached hydrogen (secondary N) is 3. The first-order chi connectivity index (χ1) is 30.8. The van der Waals surface area contributed by atoms with Crippen molar-refractivity contribution in [3.8, 4) is 0 Å². The molecule has 4 aliphatic rings. The van der Waals surface area contributed by atoms with Crippen LogP contribution in [-0.4, -0.2) is 68.3 Å². The molecule has 8 rings (SSSR count). The van der Waals surface area contributed by atoms with Crippen molar-refractivity contribution in [1.29, 1.82) is 0 Å². The number of rotatable bonds is 15. The molecule has 3 aromatic carbocycles. The summed E-state index contributed by atoms with van der Waals surface area (Å²) in [4.78, 5) is 93.5. The number of furan rings is 1. The molecule has 0 saturated heterocycles. The molecule has 4 aliphatic carbocycles. The molecule has 3 N–H and O–H groups in total. The van der Waals surface area contributed by atoms with Crippen LogP contribution in [0.4, 0.5) is 5.69 Å². The van der Waals surface area contributed by atoms with Crippen molar-refractivity contribution < 1.29 is 56.9 Å². The zero-order chi connectivity index (χ0) is 46.7. The molecule has 1 aromatic heterocycles. The lowest BCUT2D eigenvalue weighted by Gasteiger charge is -2.56. The van der Waals surface area contributed by atoms with E-state index < -0.39 is 66.0 Å². The van der Waals surface area contributed by atoms with E-state index >= 15 is 0 Å². The number of fused-ring (bicyclic) bond motifs is 1. The molecule has 15 nitrogen and oxygen atoms in total. The fourth-order valence-electron chi connectivity index (χ4n) is 9.63. The molecular formula is C50H57N3O12. The van der Waals surface area contributed by atoms with Crippen molar-refractivity contribution in [2.75, 3.05) is 32.0 Å². The summed E-state index contributed by atoms with van der Waals surface area (Å²) in [5, 5.41) is 9.42. The second kappa shape index (κ2) is 18.9. The Bertz CT molecular complexity index is 2380. The Morgan fingerprint density at radius 2 is 1.18 bits per heavy atom. The first kappa shape index (κ1) is 46.5. The summed E-state index contributed by atoms with van der Waals surface area (Å²) in [5.74, 6) is -3.71. The molecule has 4 bridgehead atoms. The largest absolute Gasteiger partial charge is 0.464 e. The van der Waals surface area contributed by atoms with Crippen molar-refractivity contribution in [3.63, 3.8) is 0 Å². The summed E-state index contributed by atoms with van der Waals surface area (Å²) in [6.45, 7) is 8.67. The second-order valence-corrected chi connectivity index (χ2v) is 19.9. The minimum Gasteiger partial charge on any atom is -0.464 e. The van der Waals surface area contributed by atoms with Crippen LogP contribution < -0.4 is 16.0 Å². The molecule has 4 saturated carbocycles. The summed E-state index contributed by atoms with van der Waals surface area (Å²) in [7, 11) is 0. The Labute approximate surface area is 377 Å². The molecular weight excluding hydrogens is 835 g/mol. The molecule has 1 atom stereocenters. The minimum absolute atomic E-state index is 0.0228. The van der Waals surface area contributed by atoms with E-state index in [0.717, 1.165) is 25.3 Å². The van der Waals surface area contributed by atoms with Crippen LogP contribution in [0.1, 0.15) is 133 Å². The third-order valence-electron chi connectivity index (χ3n) is 12.5. The Morgan fingerprint density at radius 3 is 1.72 bits per heavy atom. The molecule has 0 spiro atoms. The summed E-state index contributed by atoms with van der Waals surface area (Å²) >= 11 is 0. The van der Waals surface area contributed by atoms with Crippen molar-refractivity contribution in [3.05, 3.63) is 101 Å². The molecule has 4 fully saturated rings. The van der Waals surface area contributed by atoms with Crippen molar-refractivity contribution >= 4 is 58.3 Å². The average molecular weight is 892 g/mol. The quantitative estimate of drug-likeness (QED) is 0.0769. The predicted molar refractivity (Wildman–Crippen MR) is 237 cm³/mol. The number of carbonyl (C=O) groups is 7. The molecule has 344 valence electrons. The van der Waals surface area contributed by atoms with Gasteiger partial charge in [-0.1, -0.05) is 30.3 Å². The van der Waals surface area contributed by atoms with Gasteiger partial charge in [-0.15, -0.1) is 0 Å². The van der Waals surface area contributed by atoms with Crippen molar-refractivity contribution in [1.82, 2.24) is 10.6 Å². The lowest BCUT2D eigenvalue weighted by atomic mass is 9.49. The topological polar surface area (TPSA) is 206 Å². The first-order valence-corrected chi connectivity index (χ1v) is 22.0. The molecule has 1 heterocycles. The number of anilines is 1. The third-order valence-corrected chi connectivity index (χ3v) is 12.5. The molecule has 1 unspecified atom stereocenters. The van der Waals surface area contributed by atoms with Crippen LogP contribution in [-0.2, 0) is 33.3 Å². The van der Waals surface area contributed by atoms with Gasteiger partial charge in [-0.25, -0.2) is 9.59 Å². The van der Waals surface area contributed by atoms with Gasteiger partial charge in [-0.3, -0.25) is 24.0 Å². The Kier molecular flexibility index (Phi) is 13.5. The number of benzene rings is 3. The highest BCUT2D eigenvalue weighted by molar-refractivity contribution is 6.10. The van der Waals surface area contributed by atoms with Gasteiger partial charge in [0, 0.05) is 24.2 Å². The summed E-state index contributed by atoms with van der Waals surface area (Å²) in [6.07, 6.45) is 8.65. The highest BCUT2D eigenvalue weighted by atomic mass is 16.7. The summed E-state index contributed by atoms with van der Waals surface area (Å²) < 4.78 is 26.1. The van der Waals surface area contributed by atoms with Crippen molar-refractivity contribution in [2.45, 2.75) is 86.0 Å². The van der Waals surface area contributed by atoms with Gasteiger partial charge in [0.2, 0.25) is 19.5 Å². The highest BCUT2D eigenvalue weighted by Gasteiger charge is 2.51. The number of ether oxygens (including phenoxy) is 4. The van der Waals surface area contributed by atoms with E-state index in [4.69, 9.17) is 23.4 Å².